The van der Waals surface area contributed by atoms with Gasteiger partial charge in [0.2, 0.25) is 0 Å². The van der Waals surface area contributed by atoms with Gasteiger partial charge in [0.25, 0.3) is 0 Å². The Bertz CT molecular complexity index is 463. The summed E-state index contributed by atoms with van der Waals surface area (Å²) in [6.45, 7) is 3.52. The second-order valence-corrected chi connectivity index (χ2v) is 3.57. The van der Waals surface area contributed by atoms with Crippen molar-refractivity contribution < 1.29 is 0 Å². The van der Waals surface area contributed by atoms with Crippen LogP contribution in [-0.4, -0.2) is 6.72 Å². The van der Waals surface area contributed by atoms with Gasteiger partial charge in [-0.3, -0.25) is 4.99 Å². The van der Waals surface area contributed by atoms with Crippen LogP contribution in [0, 0.1) is 0 Å². The molecule has 0 fully saturated rings. The van der Waals surface area contributed by atoms with Crippen molar-refractivity contribution in [1.82, 2.24) is 0 Å². The molecule has 0 amide bonds. The number of halogens is 1. The average Bonchev–Trinajstić information content (AvgIpc) is 2.19. The van der Waals surface area contributed by atoms with E-state index in [0.29, 0.717) is 0 Å². The number of fused-ring (bicyclic) bond motifs is 1. The van der Waals surface area contributed by atoms with E-state index in [-0.39, 0.29) is 0 Å². The largest absolute Gasteiger partial charge is 0.263 e. The van der Waals surface area contributed by atoms with Gasteiger partial charge in [-0.25, -0.2) is 0 Å². The summed E-state index contributed by atoms with van der Waals surface area (Å²) in [5, 5.41) is 2.38. The Hall–Kier alpha value is -1.15. The summed E-state index contributed by atoms with van der Waals surface area (Å²) in [5.41, 5.74) is 0.888. The zero-order chi connectivity index (χ0) is 9.26. The minimum atomic E-state index is 0.888. The molecule has 0 saturated heterocycles. The molecule has 0 N–H and O–H groups in total. The second-order valence-electron chi connectivity index (χ2n) is 2.78. The molecule has 0 radical (unpaired) electrons. The molecule has 2 aromatic rings. The minimum Gasteiger partial charge on any atom is -0.263 e. The molecule has 0 aliphatic heterocycles. The molecular weight excluding hydrogens is 226 g/mol. The zero-order valence-corrected chi connectivity index (χ0v) is 8.58. The fourth-order valence-electron chi connectivity index (χ4n) is 1.34. The predicted molar refractivity (Wildman–Crippen MR) is 60.9 cm³/mol. The fraction of sp³-hybridized carbons (Fsp3) is 0. The Balaban J connectivity index is 2.86. The smallest absolute Gasteiger partial charge is 0.0770 e. The molecular formula is C11H8BrN. The van der Waals surface area contributed by atoms with Gasteiger partial charge in [-0.15, -0.1) is 0 Å². The van der Waals surface area contributed by atoms with Gasteiger partial charge < -0.3 is 0 Å². The van der Waals surface area contributed by atoms with Crippen LogP contribution in [0.25, 0.3) is 10.8 Å². The molecule has 0 atom stereocenters. The van der Waals surface area contributed by atoms with Crippen LogP contribution < -0.4 is 0 Å². The van der Waals surface area contributed by atoms with Crippen molar-refractivity contribution in [3.8, 4) is 0 Å². The third-order valence-corrected chi connectivity index (χ3v) is 2.85. The molecule has 0 saturated carbocycles. The van der Waals surface area contributed by atoms with Crippen molar-refractivity contribution >= 4 is 39.1 Å². The summed E-state index contributed by atoms with van der Waals surface area (Å²) in [6.07, 6.45) is 0. The molecule has 0 unspecified atom stereocenters. The molecule has 0 heterocycles. The van der Waals surface area contributed by atoms with Gasteiger partial charge in [-0.05, 0) is 39.5 Å². The first-order chi connectivity index (χ1) is 6.33. The van der Waals surface area contributed by atoms with E-state index in [1.54, 1.807) is 0 Å². The third kappa shape index (κ3) is 1.38. The molecule has 0 spiro atoms. The van der Waals surface area contributed by atoms with Gasteiger partial charge in [0.05, 0.1) is 10.2 Å². The average molecular weight is 234 g/mol. The molecule has 2 aromatic carbocycles. The van der Waals surface area contributed by atoms with Crippen LogP contribution in [0.15, 0.2) is 45.9 Å². The lowest BCUT2D eigenvalue weighted by atomic mass is 10.1. The van der Waals surface area contributed by atoms with E-state index in [2.05, 4.69) is 39.8 Å². The van der Waals surface area contributed by atoms with Crippen molar-refractivity contribution in [3.63, 3.8) is 0 Å². The highest BCUT2D eigenvalue weighted by Crippen LogP contribution is 2.32. The lowest BCUT2D eigenvalue weighted by molar-refractivity contribution is 1.55. The second kappa shape index (κ2) is 3.30. The maximum absolute atomic E-state index is 3.92. The molecule has 2 rings (SSSR count). The van der Waals surface area contributed by atoms with E-state index in [0.717, 1.165) is 10.2 Å². The van der Waals surface area contributed by atoms with Crippen molar-refractivity contribution in [2.75, 3.05) is 0 Å². The lowest BCUT2D eigenvalue weighted by Gasteiger charge is -2.02. The van der Waals surface area contributed by atoms with Crippen LogP contribution in [0.2, 0.25) is 0 Å². The van der Waals surface area contributed by atoms with E-state index >= 15 is 0 Å². The van der Waals surface area contributed by atoms with Crippen LogP contribution >= 0.6 is 15.9 Å². The summed E-state index contributed by atoms with van der Waals surface area (Å²) in [6, 6.07) is 12.2. The first-order valence-electron chi connectivity index (χ1n) is 3.97. The summed E-state index contributed by atoms with van der Waals surface area (Å²) in [4.78, 5) is 3.92. The number of hydrogen-bond acceptors (Lipinski definition) is 1. The van der Waals surface area contributed by atoms with Crippen molar-refractivity contribution in [2.24, 2.45) is 4.99 Å². The summed E-state index contributed by atoms with van der Waals surface area (Å²) >= 11 is 3.51. The number of hydrogen-bond donors (Lipinski definition) is 0. The highest BCUT2D eigenvalue weighted by atomic mass is 79.9. The van der Waals surface area contributed by atoms with Crippen molar-refractivity contribution in [1.29, 1.82) is 0 Å². The first kappa shape index (κ1) is 8.45. The Morgan fingerprint density at radius 3 is 2.62 bits per heavy atom. The van der Waals surface area contributed by atoms with Gasteiger partial charge in [-0.1, -0.05) is 30.3 Å². The van der Waals surface area contributed by atoms with Crippen LogP contribution in [0.3, 0.4) is 0 Å². The maximum atomic E-state index is 3.92. The Morgan fingerprint density at radius 2 is 1.85 bits per heavy atom. The van der Waals surface area contributed by atoms with E-state index < -0.39 is 0 Å². The monoisotopic (exact) mass is 233 g/mol. The fourth-order valence-corrected chi connectivity index (χ4v) is 1.96. The van der Waals surface area contributed by atoms with Crippen LogP contribution in [0.1, 0.15) is 0 Å². The Kier molecular flexibility index (Phi) is 2.15. The van der Waals surface area contributed by atoms with E-state index in [1.807, 2.05) is 24.3 Å². The number of nitrogens with zero attached hydrogens (tertiary/aromatic N) is 1. The quantitative estimate of drug-likeness (QED) is 0.663. The van der Waals surface area contributed by atoms with Crippen molar-refractivity contribution in [3.05, 3.63) is 40.9 Å². The summed E-state index contributed by atoms with van der Waals surface area (Å²) in [5.74, 6) is 0. The molecule has 0 aliphatic rings. The maximum Gasteiger partial charge on any atom is 0.0770 e. The SMILES string of the molecule is C=Nc1ccc2ccccc2c1Br. The first-order valence-corrected chi connectivity index (χ1v) is 4.76. The van der Waals surface area contributed by atoms with Gasteiger partial charge in [0.15, 0.2) is 0 Å². The van der Waals surface area contributed by atoms with Crippen LogP contribution in [0.4, 0.5) is 5.69 Å². The van der Waals surface area contributed by atoms with E-state index in [9.17, 15) is 0 Å². The zero-order valence-electron chi connectivity index (χ0n) is 7.00. The van der Waals surface area contributed by atoms with Crippen LogP contribution in [0.5, 0.6) is 0 Å². The molecule has 13 heavy (non-hydrogen) atoms. The number of aliphatic imine (C=N–C) groups is 1. The van der Waals surface area contributed by atoms with Crippen LogP contribution in [-0.2, 0) is 0 Å². The summed E-state index contributed by atoms with van der Waals surface area (Å²) < 4.78 is 1.01. The van der Waals surface area contributed by atoms with Crippen molar-refractivity contribution in [2.45, 2.75) is 0 Å². The van der Waals surface area contributed by atoms with Gasteiger partial charge in [0, 0.05) is 0 Å². The molecule has 0 aromatic heterocycles. The molecule has 2 heteroatoms. The standard InChI is InChI=1S/C11H8BrN/c1-13-10-7-6-8-4-2-3-5-9(8)11(10)12/h2-7H,1H2. The molecule has 64 valence electrons. The topological polar surface area (TPSA) is 12.4 Å². The predicted octanol–water partition coefficient (Wildman–Crippen LogP) is 3.93. The highest BCUT2D eigenvalue weighted by Gasteiger charge is 2.01. The Morgan fingerprint density at radius 1 is 1.08 bits per heavy atom. The molecule has 0 aliphatic carbocycles. The summed E-state index contributed by atoms with van der Waals surface area (Å²) in [7, 11) is 0. The molecule has 1 nitrogen and oxygen atoms in total. The minimum absolute atomic E-state index is 0.888. The lowest BCUT2D eigenvalue weighted by Crippen LogP contribution is -1.74. The van der Waals surface area contributed by atoms with Gasteiger partial charge >= 0.3 is 0 Å². The number of benzene rings is 2. The Labute approximate surface area is 85.2 Å². The van der Waals surface area contributed by atoms with E-state index in [4.69, 9.17) is 0 Å². The normalized spacial score (nSPS) is 10.2. The van der Waals surface area contributed by atoms with Gasteiger partial charge in [0.1, 0.15) is 0 Å². The van der Waals surface area contributed by atoms with Gasteiger partial charge in [-0.2, -0.15) is 0 Å². The highest BCUT2D eigenvalue weighted by molar-refractivity contribution is 9.10. The molecule has 0 bridgehead atoms. The van der Waals surface area contributed by atoms with E-state index in [1.165, 1.54) is 10.8 Å². The third-order valence-electron chi connectivity index (χ3n) is 2.01. The number of rotatable bonds is 1.